The molecule has 1 aromatic carbocycles. The molecular weight excluding hydrogens is 611 g/mol. The summed E-state index contributed by atoms with van der Waals surface area (Å²) in [5.74, 6) is -4.66. The summed E-state index contributed by atoms with van der Waals surface area (Å²) in [4.78, 5) is 30.5. The molecule has 2 saturated carbocycles. The molecule has 1 aromatic heterocycles. The fourth-order valence-corrected chi connectivity index (χ4v) is 6.51. The minimum Gasteiger partial charge on any atom is -0.447 e. The Morgan fingerprint density at radius 3 is 2.23 bits per heavy atom. The van der Waals surface area contributed by atoms with E-state index in [1.165, 1.54) is 49.5 Å². The number of nitrogens with zero attached hydrogens (tertiary/aromatic N) is 2. The van der Waals surface area contributed by atoms with Crippen molar-refractivity contribution in [2.45, 2.75) is 74.5 Å². The van der Waals surface area contributed by atoms with Gasteiger partial charge in [0.1, 0.15) is 12.4 Å². The third-order valence-corrected chi connectivity index (χ3v) is 10.0. The van der Waals surface area contributed by atoms with Gasteiger partial charge in [-0.15, -0.1) is 0 Å². The Labute approximate surface area is 252 Å². The molecule has 44 heavy (non-hydrogen) atoms. The lowest BCUT2D eigenvalue weighted by Crippen LogP contribution is -2.53. The maximum atomic E-state index is 13.8. The van der Waals surface area contributed by atoms with E-state index in [4.69, 9.17) is 10.5 Å². The van der Waals surface area contributed by atoms with Gasteiger partial charge in [-0.3, -0.25) is 4.79 Å². The minimum absolute atomic E-state index is 0.00680. The molecule has 2 aliphatic carbocycles. The molecule has 2 aliphatic rings. The topological polar surface area (TPSA) is 132 Å². The number of pyridine rings is 1. The third-order valence-electron chi connectivity index (χ3n) is 8.30. The first-order valence-corrected chi connectivity index (χ1v) is 16.0. The van der Waals surface area contributed by atoms with Gasteiger partial charge >= 0.3 is 12.3 Å². The van der Waals surface area contributed by atoms with Crippen LogP contribution in [0.3, 0.4) is 0 Å². The number of amides is 2. The zero-order valence-electron chi connectivity index (χ0n) is 24.0. The van der Waals surface area contributed by atoms with E-state index in [0.29, 0.717) is 24.2 Å². The van der Waals surface area contributed by atoms with Crippen LogP contribution in [0.25, 0.3) is 0 Å². The lowest BCUT2D eigenvalue weighted by Gasteiger charge is -2.45. The number of primary amides is 1. The third kappa shape index (κ3) is 8.36. The van der Waals surface area contributed by atoms with Crippen LogP contribution in [-0.2, 0) is 14.6 Å². The molecule has 15 heteroatoms. The number of halogens is 5. The van der Waals surface area contributed by atoms with Gasteiger partial charge in [-0.1, -0.05) is 19.1 Å². The van der Waals surface area contributed by atoms with Crippen molar-refractivity contribution < 1.29 is 44.7 Å². The molecule has 9 nitrogen and oxygen atoms in total. The zero-order valence-corrected chi connectivity index (χ0v) is 24.8. The summed E-state index contributed by atoms with van der Waals surface area (Å²) in [6.45, 7) is 1.45. The molecule has 1 atom stereocenters. The standard InChI is InChI=1S/C29H35F5N4O5S/c1-2-44(41,42)23-10-5-19(6-11-23)24(17-43-27(35)40)37-26(39)20-7-12-25(36-15-20)38(22-13-28(30,31)14-22)16-18-3-8-21(9-4-18)29(32,33)34/h5-7,10-12,15,18,21-22,24H,2-4,8-9,13-14,16-17H2,1H3,(H2,35,40)(H,37,39)/t18?,21?,24-/m0/s1. The van der Waals surface area contributed by atoms with Gasteiger partial charge in [0.15, 0.2) is 9.84 Å². The highest BCUT2D eigenvalue weighted by Crippen LogP contribution is 2.44. The van der Waals surface area contributed by atoms with E-state index in [0.717, 1.165) is 0 Å². The second-order valence-electron chi connectivity index (χ2n) is 11.4. The number of sulfone groups is 1. The molecule has 1 heterocycles. The van der Waals surface area contributed by atoms with E-state index in [9.17, 15) is 40.0 Å². The average Bonchev–Trinajstić information content (AvgIpc) is 2.96. The van der Waals surface area contributed by atoms with Crippen LogP contribution < -0.4 is 16.0 Å². The van der Waals surface area contributed by atoms with Crippen molar-refractivity contribution in [2.24, 2.45) is 17.6 Å². The van der Waals surface area contributed by atoms with Gasteiger partial charge in [0.05, 0.1) is 28.2 Å². The molecule has 0 unspecified atom stereocenters. The smallest absolute Gasteiger partial charge is 0.404 e. The number of carbonyl (C=O) groups excluding carboxylic acids is 2. The number of anilines is 1. The summed E-state index contributed by atoms with van der Waals surface area (Å²) in [5, 5.41) is 2.70. The van der Waals surface area contributed by atoms with Gasteiger partial charge in [-0.05, 0) is 61.4 Å². The number of nitrogens with one attached hydrogen (secondary N) is 1. The van der Waals surface area contributed by atoms with Crippen molar-refractivity contribution in [3.63, 3.8) is 0 Å². The van der Waals surface area contributed by atoms with E-state index < -0.39 is 64.8 Å². The Hall–Kier alpha value is -3.49. The van der Waals surface area contributed by atoms with Crippen molar-refractivity contribution in [1.29, 1.82) is 0 Å². The van der Waals surface area contributed by atoms with Crippen LogP contribution in [0.5, 0.6) is 0 Å². The second-order valence-corrected chi connectivity index (χ2v) is 13.6. The van der Waals surface area contributed by atoms with Gasteiger partial charge in [-0.25, -0.2) is 27.0 Å². The lowest BCUT2D eigenvalue weighted by atomic mass is 9.80. The molecule has 2 fully saturated rings. The Bertz CT molecular complexity index is 1410. The first-order valence-electron chi connectivity index (χ1n) is 14.3. The summed E-state index contributed by atoms with van der Waals surface area (Å²) in [5.41, 5.74) is 5.64. The van der Waals surface area contributed by atoms with E-state index in [-0.39, 0.29) is 48.1 Å². The molecule has 3 N–H and O–H groups in total. The predicted molar refractivity (Wildman–Crippen MR) is 151 cm³/mol. The Morgan fingerprint density at radius 2 is 1.73 bits per heavy atom. The predicted octanol–water partition coefficient (Wildman–Crippen LogP) is 5.41. The SMILES string of the molecule is CCS(=O)(=O)c1ccc([C@H](COC(N)=O)NC(=O)c2ccc(N(CC3CCC(C(F)(F)F)CC3)C3CC(F)(F)C3)nc2)cc1. The molecule has 0 spiro atoms. The normalized spacial score (nSPS) is 21.1. The van der Waals surface area contributed by atoms with Gasteiger partial charge in [-0.2, -0.15) is 13.2 Å². The Balaban J connectivity index is 1.47. The fourth-order valence-electron chi connectivity index (χ4n) is 5.62. The van der Waals surface area contributed by atoms with Crippen molar-refractivity contribution in [3.05, 3.63) is 53.7 Å². The zero-order chi connectivity index (χ0) is 32.3. The van der Waals surface area contributed by atoms with Crippen LogP contribution in [0.2, 0.25) is 0 Å². The first kappa shape index (κ1) is 33.4. The van der Waals surface area contributed by atoms with Gasteiger partial charge in [0, 0.05) is 31.6 Å². The van der Waals surface area contributed by atoms with E-state index in [1.807, 2.05) is 0 Å². The van der Waals surface area contributed by atoms with Crippen LogP contribution in [0, 0.1) is 11.8 Å². The second kappa shape index (κ2) is 13.2. The molecular formula is C29H35F5N4O5S. The maximum absolute atomic E-state index is 13.8. The van der Waals surface area contributed by atoms with Crippen LogP contribution in [0.1, 0.15) is 67.4 Å². The lowest BCUT2D eigenvalue weighted by molar-refractivity contribution is -0.183. The quantitative estimate of drug-likeness (QED) is 0.312. The number of alkyl halides is 5. The van der Waals surface area contributed by atoms with Crippen LogP contribution in [0.15, 0.2) is 47.5 Å². The highest BCUT2D eigenvalue weighted by molar-refractivity contribution is 7.91. The van der Waals surface area contributed by atoms with Crippen molar-refractivity contribution in [2.75, 3.05) is 23.8 Å². The van der Waals surface area contributed by atoms with Gasteiger partial charge < -0.3 is 20.7 Å². The molecule has 4 rings (SSSR count). The molecule has 0 aliphatic heterocycles. The van der Waals surface area contributed by atoms with Crippen molar-refractivity contribution in [1.82, 2.24) is 10.3 Å². The summed E-state index contributed by atoms with van der Waals surface area (Å²) in [7, 11) is -3.46. The molecule has 0 radical (unpaired) electrons. The molecule has 2 aromatic rings. The number of hydrogen-bond donors (Lipinski definition) is 2. The fraction of sp³-hybridized carbons (Fsp3) is 0.552. The first-order chi connectivity index (χ1) is 20.6. The summed E-state index contributed by atoms with van der Waals surface area (Å²) >= 11 is 0. The van der Waals surface area contributed by atoms with Gasteiger partial charge in [0.2, 0.25) is 0 Å². The summed E-state index contributed by atoms with van der Waals surface area (Å²) in [6.07, 6.45) is -4.21. The highest BCUT2D eigenvalue weighted by atomic mass is 32.2. The number of hydrogen-bond acceptors (Lipinski definition) is 7. The van der Waals surface area contributed by atoms with E-state index in [2.05, 4.69) is 10.3 Å². The molecule has 242 valence electrons. The van der Waals surface area contributed by atoms with Gasteiger partial charge in [0.25, 0.3) is 11.8 Å². The Kier molecular flexibility index (Phi) is 10.1. The van der Waals surface area contributed by atoms with E-state index >= 15 is 0 Å². The van der Waals surface area contributed by atoms with Crippen LogP contribution >= 0.6 is 0 Å². The number of rotatable bonds is 11. The highest BCUT2D eigenvalue weighted by Gasteiger charge is 2.49. The largest absolute Gasteiger partial charge is 0.447 e. The average molecular weight is 647 g/mol. The molecule has 0 bridgehead atoms. The maximum Gasteiger partial charge on any atom is 0.404 e. The summed E-state index contributed by atoms with van der Waals surface area (Å²) in [6, 6.07) is 7.24. The Morgan fingerprint density at radius 1 is 1.09 bits per heavy atom. The number of benzene rings is 1. The monoisotopic (exact) mass is 646 g/mol. The summed E-state index contributed by atoms with van der Waals surface area (Å²) < 4.78 is 96.1. The van der Waals surface area contributed by atoms with Crippen LogP contribution in [-0.4, -0.2) is 62.4 Å². The minimum atomic E-state index is -4.25. The molecule has 2 amide bonds. The van der Waals surface area contributed by atoms with Crippen LogP contribution in [0.4, 0.5) is 32.6 Å². The number of ether oxygens (including phenoxy) is 1. The van der Waals surface area contributed by atoms with Crippen molar-refractivity contribution >= 4 is 27.7 Å². The van der Waals surface area contributed by atoms with Crippen molar-refractivity contribution in [3.8, 4) is 0 Å². The van der Waals surface area contributed by atoms with E-state index in [1.54, 1.807) is 4.90 Å². The number of aromatic nitrogens is 1. The number of nitrogens with two attached hydrogens (primary N) is 1. The number of carbonyl (C=O) groups is 2. The molecule has 0 saturated heterocycles.